The van der Waals surface area contributed by atoms with Gasteiger partial charge in [0.25, 0.3) is 0 Å². The van der Waals surface area contributed by atoms with Crippen LogP contribution in [0.1, 0.15) is 64.4 Å². The van der Waals surface area contributed by atoms with Crippen molar-refractivity contribution in [2.24, 2.45) is 11.7 Å². The van der Waals surface area contributed by atoms with Gasteiger partial charge in [0.1, 0.15) is 5.82 Å². The average Bonchev–Trinajstić information content (AvgIpc) is 2.75. The van der Waals surface area contributed by atoms with Gasteiger partial charge in [-0.1, -0.05) is 40.7 Å². The van der Waals surface area contributed by atoms with E-state index in [4.69, 9.17) is 10.7 Å². The molecule has 110 valence electrons. The fraction of sp³-hybridized carbons (Fsp3) is 0.588. The van der Waals surface area contributed by atoms with E-state index in [1.807, 2.05) is 0 Å². The summed E-state index contributed by atoms with van der Waals surface area (Å²) >= 11 is 0. The van der Waals surface area contributed by atoms with Crippen LogP contribution in [0.5, 0.6) is 0 Å². The van der Waals surface area contributed by atoms with Gasteiger partial charge in [-0.3, -0.25) is 0 Å². The van der Waals surface area contributed by atoms with Crippen LogP contribution in [-0.2, 0) is 6.54 Å². The number of aromatic nitrogens is 2. The molecule has 0 saturated carbocycles. The molecule has 2 aromatic rings. The zero-order valence-electron chi connectivity index (χ0n) is 13.4. The number of imidazole rings is 1. The lowest BCUT2D eigenvalue weighted by atomic mass is 10.0. The summed E-state index contributed by atoms with van der Waals surface area (Å²) in [6, 6.07) is 6.64. The Hall–Kier alpha value is -1.35. The Kier molecular flexibility index (Phi) is 4.48. The predicted molar refractivity (Wildman–Crippen MR) is 85.9 cm³/mol. The summed E-state index contributed by atoms with van der Waals surface area (Å²) in [5, 5.41) is 0. The van der Waals surface area contributed by atoms with Crippen LogP contribution in [0.4, 0.5) is 0 Å². The van der Waals surface area contributed by atoms with Gasteiger partial charge in [-0.05, 0) is 36.0 Å². The van der Waals surface area contributed by atoms with Gasteiger partial charge in [-0.25, -0.2) is 4.98 Å². The molecular weight excluding hydrogens is 246 g/mol. The first-order valence-corrected chi connectivity index (χ1v) is 7.69. The molecule has 20 heavy (non-hydrogen) atoms. The van der Waals surface area contributed by atoms with Crippen molar-refractivity contribution in [3.63, 3.8) is 0 Å². The molecule has 0 fully saturated rings. The second-order valence-electron chi connectivity index (χ2n) is 6.39. The largest absolute Gasteiger partial charge is 0.326 e. The quantitative estimate of drug-likeness (QED) is 0.886. The van der Waals surface area contributed by atoms with Crippen LogP contribution in [-0.4, -0.2) is 9.55 Å². The maximum absolute atomic E-state index is 6.25. The van der Waals surface area contributed by atoms with Gasteiger partial charge < -0.3 is 10.3 Å². The minimum Gasteiger partial charge on any atom is -0.326 e. The van der Waals surface area contributed by atoms with Crippen LogP contribution in [0.2, 0.25) is 0 Å². The standard InChI is InChI=1S/C17H27N3/c1-6-14(18)17-19-15-9-13(12(4)5)7-8-16(15)20(17)10-11(2)3/h7-9,11-12,14H,6,10,18H2,1-5H3. The molecule has 0 aliphatic carbocycles. The molecule has 1 heterocycles. The summed E-state index contributed by atoms with van der Waals surface area (Å²) < 4.78 is 2.30. The lowest BCUT2D eigenvalue weighted by Crippen LogP contribution is -2.17. The first-order chi connectivity index (χ1) is 9.43. The fourth-order valence-corrected chi connectivity index (χ4v) is 2.55. The van der Waals surface area contributed by atoms with Crippen molar-refractivity contribution in [1.82, 2.24) is 9.55 Å². The van der Waals surface area contributed by atoms with Crippen molar-refractivity contribution < 1.29 is 0 Å². The summed E-state index contributed by atoms with van der Waals surface area (Å²) in [5.41, 5.74) is 9.88. The minimum atomic E-state index is 0.0173. The molecule has 0 aliphatic heterocycles. The van der Waals surface area contributed by atoms with Crippen molar-refractivity contribution in [1.29, 1.82) is 0 Å². The zero-order chi connectivity index (χ0) is 14.9. The summed E-state index contributed by atoms with van der Waals surface area (Å²) in [7, 11) is 0. The Balaban J connectivity index is 2.58. The third-order valence-electron chi connectivity index (χ3n) is 3.79. The van der Waals surface area contributed by atoms with Gasteiger partial charge in [-0.15, -0.1) is 0 Å². The van der Waals surface area contributed by atoms with Gasteiger partial charge >= 0.3 is 0 Å². The summed E-state index contributed by atoms with van der Waals surface area (Å²) in [5.74, 6) is 2.13. The van der Waals surface area contributed by atoms with Crippen molar-refractivity contribution >= 4 is 11.0 Å². The first kappa shape index (κ1) is 15.0. The van der Waals surface area contributed by atoms with E-state index in [2.05, 4.69) is 57.4 Å². The molecule has 0 radical (unpaired) electrons. The Bertz CT molecular complexity index is 581. The molecule has 0 amide bonds. The van der Waals surface area contributed by atoms with E-state index in [0.717, 1.165) is 24.3 Å². The number of benzene rings is 1. The average molecular weight is 273 g/mol. The molecule has 2 N–H and O–H groups in total. The molecule has 1 aromatic carbocycles. The number of rotatable bonds is 5. The van der Waals surface area contributed by atoms with Crippen molar-refractivity contribution in [2.75, 3.05) is 0 Å². The zero-order valence-corrected chi connectivity index (χ0v) is 13.4. The lowest BCUT2D eigenvalue weighted by molar-refractivity contribution is 0.494. The summed E-state index contributed by atoms with van der Waals surface area (Å²) in [6.07, 6.45) is 0.915. The number of nitrogens with zero attached hydrogens (tertiary/aromatic N) is 2. The van der Waals surface area contributed by atoms with Crippen molar-refractivity contribution in [2.45, 2.75) is 59.5 Å². The maximum Gasteiger partial charge on any atom is 0.126 e. The van der Waals surface area contributed by atoms with Gasteiger partial charge in [0, 0.05) is 6.54 Å². The van der Waals surface area contributed by atoms with Crippen LogP contribution in [0.25, 0.3) is 11.0 Å². The molecular formula is C17H27N3. The Morgan fingerprint density at radius 2 is 1.90 bits per heavy atom. The van der Waals surface area contributed by atoms with Crippen molar-refractivity contribution in [3.8, 4) is 0 Å². The summed E-state index contributed by atoms with van der Waals surface area (Å²) in [4.78, 5) is 4.82. The van der Waals surface area contributed by atoms with E-state index in [-0.39, 0.29) is 6.04 Å². The molecule has 2 rings (SSSR count). The topological polar surface area (TPSA) is 43.8 Å². The second-order valence-corrected chi connectivity index (χ2v) is 6.39. The summed E-state index contributed by atoms with van der Waals surface area (Å²) in [6.45, 7) is 12.0. The van der Waals surface area contributed by atoms with E-state index < -0.39 is 0 Å². The van der Waals surface area contributed by atoms with Gasteiger partial charge in [0.05, 0.1) is 17.1 Å². The molecule has 1 aromatic heterocycles. The number of fused-ring (bicyclic) bond motifs is 1. The second kappa shape index (κ2) is 5.96. The molecule has 0 spiro atoms. The first-order valence-electron chi connectivity index (χ1n) is 7.69. The van der Waals surface area contributed by atoms with Crippen LogP contribution in [0, 0.1) is 5.92 Å². The van der Waals surface area contributed by atoms with Crippen LogP contribution in [0.3, 0.4) is 0 Å². The normalized spacial score (nSPS) is 13.6. The molecule has 1 atom stereocenters. The third-order valence-corrected chi connectivity index (χ3v) is 3.79. The molecule has 0 aliphatic rings. The number of hydrogen-bond donors (Lipinski definition) is 1. The molecule has 0 bridgehead atoms. The van der Waals surface area contributed by atoms with Gasteiger partial charge in [0.2, 0.25) is 0 Å². The molecule has 1 unspecified atom stereocenters. The minimum absolute atomic E-state index is 0.0173. The Morgan fingerprint density at radius 3 is 2.45 bits per heavy atom. The SMILES string of the molecule is CCC(N)c1nc2cc(C(C)C)ccc2n1CC(C)C. The third kappa shape index (κ3) is 2.88. The fourth-order valence-electron chi connectivity index (χ4n) is 2.55. The van der Waals surface area contributed by atoms with E-state index >= 15 is 0 Å². The number of hydrogen-bond acceptors (Lipinski definition) is 2. The lowest BCUT2D eigenvalue weighted by Gasteiger charge is -2.15. The highest BCUT2D eigenvalue weighted by atomic mass is 15.1. The van der Waals surface area contributed by atoms with E-state index in [9.17, 15) is 0 Å². The maximum atomic E-state index is 6.25. The van der Waals surface area contributed by atoms with Crippen LogP contribution >= 0.6 is 0 Å². The smallest absolute Gasteiger partial charge is 0.126 e. The Morgan fingerprint density at radius 1 is 1.20 bits per heavy atom. The monoisotopic (exact) mass is 273 g/mol. The highest BCUT2D eigenvalue weighted by Gasteiger charge is 2.17. The molecule has 0 saturated heterocycles. The van der Waals surface area contributed by atoms with Crippen LogP contribution < -0.4 is 5.73 Å². The predicted octanol–water partition coefficient (Wildman–Crippen LogP) is 4.23. The molecule has 3 nitrogen and oxygen atoms in total. The number of nitrogens with two attached hydrogens (primary N) is 1. The van der Waals surface area contributed by atoms with Crippen LogP contribution in [0.15, 0.2) is 18.2 Å². The molecule has 3 heteroatoms. The van der Waals surface area contributed by atoms with E-state index in [1.165, 1.54) is 11.1 Å². The van der Waals surface area contributed by atoms with E-state index in [1.54, 1.807) is 0 Å². The van der Waals surface area contributed by atoms with Gasteiger partial charge in [0.15, 0.2) is 0 Å². The van der Waals surface area contributed by atoms with E-state index in [0.29, 0.717) is 11.8 Å². The van der Waals surface area contributed by atoms with Crippen molar-refractivity contribution in [3.05, 3.63) is 29.6 Å². The highest BCUT2D eigenvalue weighted by Crippen LogP contribution is 2.26. The Labute approximate surface area is 122 Å². The highest BCUT2D eigenvalue weighted by molar-refractivity contribution is 5.77. The van der Waals surface area contributed by atoms with Gasteiger partial charge in [-0.2, -0.15) is 0 Å².